The molecule has 118 valence electrons. The van der Waals surface area contributed by atoms with Crippen molar-refractivity contribution >= 4 is 17.2 Å². The number of rotatable bonds is 5. The summed E-state index contributed by atoms with van der Waals surface area (Å²) in [6.45, 7) is 4.80. The maximum absolute atomic E-state index is 12.7. The first-order chi connectivity index (χ1) is 11.1. The van der Waals surface area contributed by atoms with Crippen LogP contribution in [0.15, 0.2) is 47.1 Å². The van der Waals surface area contributed by atoms with Gasteiger partial charge in [0.1, 0.15) is 0 Å². The van der Waals surface area contributed by atoms with Crippen LogP contribution in [0.1, 0.15) is 31.7 Å². The molecular weight excluding hydrogens is 310 g/mol. The monoisotopic (exact) mass is 327 g/mol. The van der Waals surface area contributed by atoms with E-state index in [0.29, 0.717) is 18.8 Å². The van der Waals surface area contributed by atoms with Crippen molar-refractivity contribution in [1.29, 1.82) is 0 Å². The second-order valence-electron chi connectivity index (χ2n) is 5.33. The van der Waals surface area contributed by atoms with E-state index in [1.54, 1.807) is 35.4 Å². The molecule has 0 aliphatic carbocycles. The van der Waals surface area contributed by atoms with Crippen LogP contribution < -0.4 is 0 Å². The number of thiophene rings is 1. The molecule has 6 heteroatoms. The number of nitrogens with zero attached hydrogens (tertiary/aromatic N) is 3. The zero-order chi connectivity index (χ0) is 16.2. The Hall–Kier alpha value is -2.47. The molecule has 0 bridgehead atoms. The summed E-state index contributed by atoms with van der Waals surface area (Å²) in [6, 6.07) is 11.4. The molecular formula is C17H17N3O2S. The van der Waals surface area contributed by atoms with Crippen molar-refractivity contribution in [3.63, 3.8) is 0 Å². The van der Waals surface area contributed by atoms with E-state index in [9.17, 15) is 4.79 Å². The van der Waals surface area contributed by atoms with Crippen LogP contribution in [-0.4, -0.2) is 20.9 Å². The Morgan fingerprint density at radius 3 is 2.70 bits per heavy atom. The van der Waals surface area contributed by atoms with Crippen LogP contribution in [-0.2, 0) is 13.1 Å². The average molecular weight is 327 g/mol. The van der Waals surface area contributed by atoms with Gasteiger partial charge in [-0.1, -0.05) is 11.2 Å². The zero-order valence-electron chi connectivity index (χ0n) is 13.0. The highest BCUT2D eigenvalue weighted by Crippen LogP contribution is 2.20. The first-order valence-electron chi connectivity index (χ1n) is 7.29. The van der Waals surface area contributed by atoms with Gasteiger partial charge in [0.2, 0.25) is 5.76 Å². The molecule has 0 aliphatic heterocycles. The molecule has 0 spiro atoms. The highest BCUT2D eigenvalue weighted by Gasteiger charge is 2.21. The van der Waals surface area contributed by atoms with Gasteiger partial charge in [-0.15, -0.1) is 11.3 Å². The number of pyridine rings is 1. The average Bonchev–Trinajstić information content (AvgIpc) is 3.15. The van der Waals surface area contributed by atoms with Crippen molar-refractivity contribution in [2.75, 3.05) is 0 Å². The highest BCUT2D eigenvalue weighted by atomic mass is 32.1. The van der Waals surface area contributed by atoms with Crippen molar-refractivity contribution < 1.29 is 9.32 Å². The van der Waals surface area contributed by atoms with E-state index < -0.39 is 0 Å². The molecule has 0 fully saturated rings. The number of aryl methyl sites for hydroxylation is 2. The van der Waals surface area contributed by atoms with Gasteiger partial charge >= 0.3 is 0 Å². The fraction of sp³-hybridized carbons (Fsp3) is 0.235. The molecule has 0 N–H and O–H groups in total. The molecule has 3 aromatic heterocycles. The van der Waals surface area contributed by atoms with Gasteiger partial charge < -0.3 is 9.42 Å². The summed E-state index contributed by atoms with van der Waals surface area (Å²) in [5.74, 6) is 0.0778. The summed E-state index contributed by atoms with van der Waals surface area (Å²) in [5.41, 5.74) is 1.53. The largest absolute Gasteiger partial charge is 0.351 e. The Morgan fingerprint density at radius 2 is 2.09 bits per heavy atom. The molecule has 0 radical (unpaired) electrons. The van der Waals surface area contributed by atoms with Crippen LogP contribution in [0.2, 0.25) is 0 Å². The summed E-state index contributed by atoms with van der Waals surface area (Å²) < 4.78 is 5.13. The zero-order valence-corrected chi connectivity index (χ0v) is 13.8. The first-order valence-corrected chi connectivity index (χ1v) is 8.11. The minimum Gasteiger partial charge on any atom is -0.351 e. The predicted octanol–water partition coefficient (Wildman–Crippen LogP) is 3.59. The standard InChI is InChI=1S/C17H17N3O2S/c1-12-9-16(22-19-12)17(21)20(10-14-5-3-4-8-18-14)11-15-7-6-13(2)23-15/h3-9H,10-11H2,1-2H3. The minimum atomic E-state index is -0.178. The number of aromatic nitrogens is 2. The molecule has 23 heavy (non-hydrogen) atoms. The third kappa shape index (κ3) is 3.84. The van der Waals surface area contributed by atoms with Gasteiger partial charge in [-0.2, -0.15) is 0 Å². The van der Waals surface area contributed by atoms with Crippen molar-refractivity contribution in [2.24, 2.45) is 0 Å². The van der Waals surface area contributed by atoms with E-state index in [1.807, 2.05) is 24.3 Å². The molecule has 0 atom stereocenters. The van der Waals surface area contributed by atoms with Crippen LogP contribution in [0, 0.1) is 13.8 Å². The second-order valence-corrected chi connectivity index (χ2v) is 6.70. The third-order valence-electron chi connectivity index (χ3n) is 3.35. The van der Waals surface area contributed by atoms with Gasteiger partial charge in [0.05, 0.1) is 24.5 Å². The van der Waals surface area contributed by atoms with Gasteiger partial charge in [0, 0.05) is 22.0 Å². The summed E-state index contributed by atoms with van der Waals surface area (Å²) in [4.78, 5) is 21.1. The second kappa shape index (κ2) is 6.75. The lowest BCUT2D eigenvalue weighted by atomic mass is 10.2. The Kier molecular flexibility index (Phi) is 4.52. The molecule has 0 aromatic carbocycles. The quantitative estimate of drug-likeness (QED) is 0.718. The number of carbonyl (C=O) groups excluding carboxylic acids is 1. The van der Waals surface area contributed by atoms with Gasteiger partial charge in [0.25, 0.3) is 5.91 Å². The van der Waals surface area contributed by atoms with E-state index in [2.05, 4.69) is 23.1 Å². The topological polar surface area (TPSA) is 59.2 Å². The molecule has 3 aromatic rings. The Balaban J connectivity index is 1.84. The minimum absolute atomic E-state index is 0.178. The Bertz CT molecular complexity index is 795. The van der Waals surface area contributed by atoms with E-state index in [-0.39, 0.29) is 11.7 Å². The normalized spacial score (nSPS) is 10.7. The molecule has 0 saturated heterocycles. The van der Waals surface area contributed by atoms with Crippen LogP contribution in [0.5, 0.6) is 0 Å². The van der Waals surface area contributed by atoms with Gasteiger partial charge in [-0.05, 0) is 38.1 Å². The molecule has 5 nitrogen and oxygen atoms in total. The SMILES string of the molecule is Cc1cc(C(=O)N(Cc2ccccn2)Cc2ccc(C)s2)on1. The maximum Gasteiger partial charge on any atom is 0.293 e. The number of amides is 1. The van der Waals surface area contributed by atoms with E-state index in [4.69, 9.17) is 4.52 Å². The van der Waals surface area contributed by atoms with E-state index in [1.165, 1.54) is 4.88 Å². The molecule has 3 heterocycles. The predicted molar refractivity (Wildman–Crippen MR) is 88.1 cm³/mol. The summed E-state index contributed by atoms with van der Waals surface area (Å²) in [7, 11) is 0. The first kappa shape index (κ1) is 15.4. The number of hydrogen-bond acceptors (Lipinski definition) is 5. The van der Waals surface area contributed by atoms with E-state index >= 15 is 0 Å². The highest BCUT2D eigenvalue weighted by molar-refractivity contribution is 7.11. The lowest BCUT2D eigenvalue weighted by molar-refractivity contribution is 0.0687. The molecule has 0 saturated carbocycles. The molecule has 3 rings (SSSR count). The van der Waals surface area contributed by atoms with Gasteiger partial charge in [-0.3, -0.25) is 9.78 Å². The van der Waals surface area contributed by atoms with Crippen LogP contribution in [0.3, 0.4) is 0 Å². The van der Waals surface area contributed by atoms with Crippen LogP contribution >= 0.6 is 11.3 Å². The molecule has 0 unspecified atom stereocenters. The fourth-order valence-electron chi connectivity index (χ4n) is 2.27. The van der Waals surface area contributed by atoms with Crippen LogP contribution in [0.25, 0.3) is 0 Å². The summed E-state index contributed by atoms with van der Waals surface area (Å²) in [6.07, 6.45) is 1.73. The van der Waals surface area contributed by atoms with Gasteiger partial charge in [0.15, 0.2) is 0 Å². The lowest BCUT2D eigenvalue weighted by Crippen LogP contribution is -2.29. The fourth-order valence-corrected chi connectivity index (χ4v) is 3.17. The lowest BCUT2D eigenvalue weighted by Gasteiger charge is -2.20. The number of carbonyl (C=O) groups is 1. The summed E-state index contributed by atoms with van der Waals surface area (Å²) in [5, 5.41) is 3.80. The maximum atomic E-state index is 12.7. The van der Waals surface area contributed by atoms with E-state index in [0.717, 1.165) is 10.6 Å². The van der Waals surface area contributed by atoms with Crippen molar-refractivity contribution in [2.45, 2.75) is 26.9 Å². The van der Waals surface area contributed by atoms with Crippen molar-refractivity contribution in [1.82, 2.24) is 15.0 Å². The van der Waals surface area contributed by atoms with Crippen molar-refractivity contribution in [3.8, 4) is 0 Å². The van der Waals surface area contributed by atoms with Crippen LogP contribution in [0.4, 0.5) is 0 Å². The third-order valence-corrected chi connectivity index (χ3v) is 4.33. The summed E-state index contributed by atoms with van der Waals surface area (Å²) >= 11 is 1.68. The molecule has 1 amide bonds. The Labute approximate surface area is 138 Å². The van der Waals surface area contributed by atoms with Gasteiger partial charge in [-0.25, -0.2) is 0 Å². The van der Waals surface area contributed by atoms with Crippen molar-refractivity contribution in [3.05, 3.63) is 69.5 Å². The smallest absolute Gasteiger partial charge is 0.293 e. The number of hydrogen-bond donors (Lipinski definition) is 0. The molecule has 0 aliphatic rings. The Morgan fingerprint density at radius 1 is 1.22 bits per heavy atom.